The number of aryl methyl sites for hydroxylation is 2. The number of rotatable bonds is 2. The predicted octanol–water partition coefficient (Wildman–Crippen LogP) is 2.18. The number of fused-ring (bicyclic) bond motifs is 1. The zero-order valence-electron chi connectivity index (χ0n) is 14.3. The van der Waals surface area contributed by atoms with Gasteiger partial charge in [-0.1, -0.05) is 0 Å². The Morgan fingerprint density at radius 2 is 2.24 bits per heavy atom. The molecule has 4 rings (SSSR count). The Hall–Kier alpha value is -2.83. The molecule has 1 aliphatic heterocycles. The topological polar surface area (TPSA) is 84.1 Å². The van der Waals surface area contributed by atoms with E-state index in [2.05, 4.69) is 9.97 Å². The summed E-state index contributed by atoms with van der Waals surface area (Å²) in [6, 6.07) is 5.12. The molecule has 1 saturated heterocycles. The maximum absolute atomic E-state index is 12.9. The lowest BCUT2D eigenvalue weighted by Crippen LogP contribution is -2.39. The van der Waals surface area contributed by atoms with Crippen LogP contribution in [-0.4, -0.2) is 38.4 Å². The highest BCUT2D eigenvalue weighted by Crippen LogP contribution is 2.26. The average molecular weight is 340 g/mol. The van der Waals surface area contributed by atoms with Gasteiger partial charge in [0.1, 0.15) is 5.82 Å². The summed E-state index contributed by atoms with van der Waals surface area (Å²) in [5, 5.41) is 0. The third-order valence-electron chi connectivity index (χ3n) is 4.86. The van der Waals surface area contributed by atoms with Crippen molar-refractivity contribution in [1.29, 1.82) is 0 Å². The van der Waals surface area contributed by atoms with Crippen LogP contribution in [0.5, 0.6) is 0 Å². The van der Waals surface area contributed by atoms with E-state index in [0.717, 1.165) is 30.9 Å². The number of nitrogens with one attached hydrogen (secondary N) is 1. The molecule has 1 fully saturated rings. The minimum absolute atomic E-state index is 0.0245. The number of aromatic amines is 1. The van der Waals surface area contributed by atoms with Gasteiger partial charge in [-0.05, 0) is 38.0 Å². The molecule has 1 N–H and O–H groups in total. The highest BCUT2D eigenvalue weighted by molar-refractivity contribution is 5.97. The minimum Gasteiger partial charge on any atom is -0.408 e. The van der Waals surface area contributed by atoms with Crippen molar-refractivity contribution < 1.29 is 9.21 Å². The van der Waals surface area contributed by atoms with Crippen LogP contribution in [0.1, 0.15) is 40.6 Å². The van der Waals surface area contributed by atoms with Crippen molar-refractivity contribution in [2.75, 3.05) is 13.1 Å². The summed E-state index contributed by atoms with van der Waals surface area (Å²) in [5.74, 6) is 0.727. The van der Waals surface area contributed by atoms with Crippen LogP contribution >= 0.6 is 0 Å². The number of H-pyrrole nitrogens is 1. The number of hydrogen-bond donors (Lipinski definition) is 1. The lowest BCUT2D eigenvalue weighted by Gasteiger charge is -2.32. The summed E-state index contributed by atoms with van der Waals surface area (Å²) in [7, 11) is 1.64. The van der Waals surface area contributed by atoms with Crippen LogP contribution in [0, 0.1) is 6.92 Å². The molecule has 1 amide bonds. The number of carbonyl (C=O) groups excluding carboxylic acids is 1. The Labute approximate surface area is 144 Å². The number of likely N-dealkylation sites (tertiary alicyclic amines) is 1. The summed E-state index contributed by atoms with van der Waals surface area (Å²) >= 11 is 0. The van der Waals surface area contributed by atoms with Crippen molar-refractivity contribution in [3.63, 3.8) is 0 Å². The van der Waals surface area contributed by atoms with E-state index in [9.17, 15) is 9.59 Å². The number of benzene rings is 1. The molecule has 7 heteroatoms. The minimum atomic E-state index is -0.425. The molecular formula is C18H20N4O3. The molecule has 0 bridgehead atoms. The second kappa shape index (κ2) is 5.91. The number of hydrogen-bond acceptors (Lipinski definition) is 4. The first-order chi connectivity index (χ1) is 12.0. The third-order valence-corrected chi connectivity index (χ3v) is 4.86. The molecule has 3 aromatic rings. The van der Waals surface area contributed by atoms with Gasteiger partial charge in [0.05, 0.1) is 5.52 Å². The zero-order valence-corrected chi connectivity index (χ0v) is 14.3. The van der Waals surface area contributed by atoms with Crippen LogP contribution in [0.15, 0.2) is 33.6 Å². The van der Waals surface area contributed by atoms with E-state index in [1.54, 1.807) is 25.2 Å². The van der Waals surface area contributed by atoms with Crippen molar-refractivity contribution in [2.45, 2.75) is 25.7 Å². The molecule has 1 atom stereocenters. The highest BCUT2D eigenvalue weighted by atomic mass is 16.4. The maximum atomic E-state index is 12.9. The maximum Gasteiger partial charge on any atom is 0.419 e. The summed E-state index contributed by atoms with van der Waals surface area (Å²) < 4.78 is 6.54. The molecule has 2 aromatic heterocycles. The second-order valence-electron chi connectivity index (χ2n) is 6.65. The van der Waals surface area contributed by atoms with E-state index in [-0.39, 0.29) is 11.8 Å². The fourth-order valence-corrected chi connectivity index (χ4v) is 3.47. The quantitative estimate of drug-likeness (QED) is 0.775. The number of oxazole rings is 1. The molecule has 0 spiro atoms. The lowest BCUT2D eigenvalue weighted by atomic mass is 9.96. The molecule has 0 radical (unpaired) electrons. The standard InChI is InChI=1S/C18H20N4O3/c1-11-9-19-16(20-11)13-4-3-7-22(10-13)17(23)12-5-6-15-14(8-12)21(2)18(24)25-15/h5-6,8-9,13H,3-4,7,10H2,1-2H3,(H,19,20)/t13-/m1/s1. The second-order valence-corrected chi connectivity index (χ2v) is 6.65. The first-order valence-corrected chi connectivity index (χ1v) is 8.43. The van der Waals surface area contributed by atoms with E-state index in [1.807, 2.05) is 18.0 Å². The summed E-state index contributed by atoms with van der Waals surface area (Å²) in [4.78, 5) is 34.1. The highest BCUT2D eigenvalue weighted by Gasteiger charge is 2.27. The average Bonchev–Trinajstić information content (AvgIpc) is 3.18. The van der Waals surface area contributed by atoms with Gasteiger partial charge in [-0.15, -0.1) is 0 Å². The summed E-state index contributed by atoms with van der Waals surface area (Å²) in [6.45, 7) is 3.36. The Morgan fingerprint density at radius 1 is 1.40 bits per heavy atom. The van der Waals surface area contributed by atoms with Gasteiger partial charge in [0.2, 0.25) is 0 Å². The van der Waals surface area contributed by atoms with E-state index in [4.69, 9.17) is 4.42 Å². The van der Waals surface area contributed by atoms with E-state index < -0.39 is 5.76 Å². The molecule has 130 valence electrons. The normalized spacial score (nSPS) is 18.0. The molecule has 1 aliphatic rings. The SMILES string of the molecule is Cc1cnc([C@@H]2CCCN(C(=O)c3ccc4oc(=O)n(C)c4c3)C2)[nH]1. The van der Waals surface area contributed by atoms with Gasteiger partial charge < -0.3 is 14.3 Å². The summed E-state index contributed by atoms with van der Waals surface area (Å²) in [5.41, 5.74) is 2.72. The monoisotopic (exact) mass is 340 g/mol. The fourth-order valence-electron chi connectivity index (χ4n) is 3.47. The van der Waals surface area contributed by atoms with Crippen molar-refractivity contribution in [3.05, 3.63) is 52.0 Å². The van der Waals surface area contributed by atoms with Gasteiger partial charge in [-0.2, -0.15) is 0 Å². The van der Waals surface area contributed by atoms with Crippen LogP contribution in [0.3, 0.4) is 0 Å². The smallest absolute Gasteiger partial charge is 0.408 e. The molecule has 7 nitrogen and oxygen atoms in total. The van der Waals surface area contributed by atoms with Crippen molar-refractivity contribution in [1.82, 2.24) is 19.4 Å². The first kappa shape index (κ1) is 15.7. The molecule has 0 unspecified atom stereocenters. The van der Waals surface area contributed by atoms with E-state index in [0.29, 0.717) is 23.2 Å². The van der Waals surface area contributed by atoms with Crippen LogP contribution < -0.4 is 5.76 Å². The molecule has 0 saturated carbocycles. The van der Waals surface area contributed by atoms with Crippen molar-refractivity contribution in [3.8, 4) is 0 Å². The molecule has 1 aromatic carbocycles. The van der Waals surface area contributed by atoms with Crippen LogP contribution in [0.25, 0.3) is 11.1 Å². The van der Waals surface area contributed by atoms with Gasteiger partial charge in [0.15, 0.2) is 5.58 Å². The van der Waals surface area contributed by atoms with Gasteiger partial charge in [-0.3, -0.25) is 9.36 Å². The fraction of sp³-hybridized carbons (Fsp3) is 0.389. The van der Waals surface area contributed by atoms with E-state index in [1.165, 1.54) is 4.57 Å². The Morgan fingerprint density at radius 3 is 3.00 bits per heavy atom. The van der Waals surface area contributed by atoms with Crippen LogP contribution in [-0.2, 0) is 7.05 Å². The Kier molecular flexibility index (Phi) is 3.71. The van der Waals surface area contributed by atoms with Crippen molar-refractivity contribution >= 4 is 17.0 Å². The van der Waals surface area contributed by atoms with E-state index >= 15 is 0 Å². The molecule has 25 heavy (non-hydrogen) atoms. The lowest BCUT2D eigenvalue weighted by molar-refractivity contribution is 0.0705. The number of amides is 1. The van der Waals surface area contributed by atoms with Gasteiger partial charge >= 0.3 is 5.76 Å². The van der Waals surface area contributed by atoms with Crippen LogP contribution in [0.2, 0.25) is 0 Å². The predicted molar refractivity (Wildman–Crippen MR) is 92.7 cm³/mol. The van der Waals surface area contributed by atoms with Gasteiger partial charge in [0, 0.05) is 43.5 Å². The number of nitrogens with zero attached hydrogens (tertiary/aromatic N) is 3. The summed E-state index contributed by atoms with van der Waals surface area (Å²) in [6.07, 6.45) is 3.79. The molecule has 3 heterocycles. The number of aromatic nitrogens is 3. The molecule has 0 aliphatic carbocycles. The third kappa shape index (κ3) is 2.75. The van der Waals surface area contributed by atoms with Crippen LogP contribution in [0.4, 0.5) is 0 Å². The Balaban J connectivity index is 1.59. The number of carbonyl (C=O) groups is 1. The van der Waals surface area contributed by atoms with Gasteiger partial charge in [0.25, 0.3) is 5.91 Å². The zero-order chi connectivity index (χ0) is 17.6. The Bertz CT molecular complexity index is 997. The number of piperidine rings is 1. The van der Waals surface area contributed by atoms with Gasteiger partial charge in [-0.25, -0.2) is 9.78 Å². The largest absolute Gasteiger partial charge is 0.419 e. The van der Waals surface area contributed by atoms with Crippen molar-refractivity contribution in [2.24, 2.45) is 7.05 Å². The first-order valence-electron chi connectivity index (χ1n) is 8.43. The number of imidazole rings is 1. The molecular weight excluding hydrogens is 320 g/mol.